The second-order valence-corrected chi connectivity index (χ2v) is 13.0. The van der Waals surface area contributed by atoms with Gasteiger partial charge in [0.1, 0.15) is 16.7 Å². The fourth-order valence-electron chi connectivity index (χ4n) is 6.57. The summed E-state index contributed by atoms with van der Waals surface area (Å²) in [6, 6.07) is 5.42. The summed E-state index contributed by atoms with van der Waals surface area (Å²) < 4.78 is 20.2. The number of rotatable bonds is 10. The molecule has 2 aliphatic heterocycles. The third-order valence-corrected chi connectivity index (χ3v) is 10.6. The molecule has 1 aliphatic carbocycles. The largest absolute Gasteiger partial charge is 0.497 e. The molecule has 3 fully saturated rings. The van der Waals surface area contributed by atoms with Gasteiger partial charge >= 0.3 is 0 Å². The van der Waals surface area contributed by atoms with E-state index in [9.17, 15) is 9.00 Å². The average Bonchev–Trinajstić information content (AvgIpc) is 3.45. The van der Waals surface area contributed by atoms with Gasteiger partial charge in [-0.2, -0.15) is 0 Å². The van der Waals surface area contributed by atoms with E-state index in [1.54, 1.807) is 11.4 Å². The fraction of sp³-hybridized carbons (Fsp3) is 0.759. The Bertz CT molecular complexity index is 897. The lowest BCUT2D eigenvalue weighted by Gasteiger charge is -2.42. The molecule has 0 spiro atoms. The van der Waals surface area contributed by atoms with E-state index >= 15 is 0 Å². The molecule has 3 aliphatic rings. The van der Waals surface area contributed by atoms with Crippen molar-refractivity contribution in [2.24, 2.45) is 5.92 Å². The average molecular weight is 533 g/mol. The van der Waals surface area contributed by atoms with Crippen LogP contribution >= 0.6 is 0 Å². The van der Waals surface area contributed by atoms with Crippen LogP contribution in [-0.4, -0.2) is 89.7 Å². The summed E-state index contributed by atoms with van der Waals surface area (Å²) in [6.07, 6.45) is 10.9. The number of nitrogens with zero attached hydrogens (tertiary/aromatic N) is 3. The van der Waals surface area contributed by atoms with Gasteiger partial charge < -0.3 is 19.9 Å². The van der Waals surface area contributed by atoms with Crippen LogP contribution < -0.4 is 10.1 Å². The van der Waals surface area contributed by atoms with E-state index in [1.807, 2.05) is 33.0 Å². The topological polar surface area (TPSA) is 65.1 Å². The molecule has 2 heterocycles. The molecule has 1 unspecified atom stereocenters. The van der Waals surface area contributed by atoms with Crippen LogP contribution in [0, 0.1) is 19.8 Å². The third kappa shape index (κ3) is 7.55. The van der Waals surface area contributed by atoms with Gasteiger partial charge in [-0.15, -0.1) is 0 Å². The normalized spacial score (nSPS) is 24.9. The third-order valence-electron chi connectivity index (χ3n) is 8.86. The number of likely N-dealkylation sites (tertiary alicyclic amines) is 2. The van der Waals surface area contributed by atoms with Gasteiger partial charge in [-0.3, -0.25) is 4.79 Å². The van der Waals surface area contributed by atoms with Gasteiger partial charge in [0.2, 0.25) is 5.91 Å². The first-order chi connectivity index (χ1) is 17.9. The SMILES string of the molecule is COc1cc(C)c(S(=O)N(C)CCC(=O)NCC2CCN(C3CCC(N4CCCC4)CC3)CC2)c(C)c1. The standard InChI is InChI=1S/C29H48N4O3S/c1-22-19-27(36-4)20-23(2)29(22)37(35)31(3)16-13-28(34)30-21-24-11-17-33(18-12-24)26-9-7-25(8-10-26)32-14-5-6-15-32/h19-20,24-26H,5-18,21H2,1-4H3,(H,30,34). The summed E-state index contributed by atoms with van der Waals surface area (Å²) >= 11 is 0. The molecular formula is C29H48N4O3S. The van der Waals surface area contributed by atoms with Crippen molar-refractivity contribution in [2.45, 2.75) is 88.6 Å². The molecule has 4 rings (SSSR count). The van der Waals surface area contributed by atoms with Crippen molar-refractivity contribution < 1.29 is 13.7 Å². The lowest BCUT2D eigenvalue weighted by Crippen LogP contribution is -2.47. The first-order valence-electron chi connectivity index (χ1n) is 14.4. The maximum atomic E-state index is 13.1. The molecule has 1 aromatic rings. The lowest BCUT2D eigenvalue weighted by atomic mass is 9.87. The Labute approximate surface area is 226 Å². The molecule has 0 radical (unpaired) electrons. The summed E-state index contributed by atoms with van der Waals surface area (Å²) in [7, 11) is 2.15. The number of ether oxygens (including phenoxy) is 1. The molecule has 7 nitrogen and oxygen atoms in total. The summed E-state index contributed by atoms with van der Waals surface area (Å²) in [4.78, 5) is 18.8. The fourth-order valence-corrected chi connectivity index (χ4v) is 7.80. The summed E-state index contributed by atoms with van der Waals surface area (Å²) in [5.41, 5.74) is 1.88. The molecular weight excluding hydrogens is 484 g/mol. The highest BCUT2D eigenvalue weighted by Crippen LogP contribution is 2.31. The zero-order chi connectivity index (χ0) is 26.4. The van der Waals surface area contributed by atoms with Crippen molar-refractivity contribution in [3.05, 3.63) is 23.3 Å². The predicted octanol–water partition coefficient (Wildman–Crippen LogP) is 3.89. The molecule has 0 aromatic heterocycles. The van der Waals surface area contributed by atoms with E-state index in [2.05, 4.69) is 15.1 Å². The highest BCUT2D eigenvalue weighted by atomic mass is 32.2. The summed E-state index contributed by atoms with van der Waals surface area (Å²) in [5.74, 6) is 1.39. The molecule has 37 heavy (non-hydrogen) atoms. The van der Waals surface area contributed by atoms with Crippen LogP contribution in [0.1, 0.15) is 68.9 Å². The molecule has 208 valence electrons. The van der Waals surface area contributed by atoms with Crippen molar-refractivity contribution in [3.63, 3.8) is 0 Å². The number of carbonyl (C=O) groups excluding carboxylic acids is 1. The smallest absolute Gasteiger partial charge is 0.221 e. The minimum absolute atomic E-state index is 0.0506. The molecule has 1 N–H and O–H groups in total. The minimum Gasteiger partial charge on any atom is -0.497 e. The van der Waals surface area contributed by atoms with Gasteiger partial charge in [-0.05, 0) is 121 Å². The highest BCUT2D eigenvalue weighted by molar-refractivity contribution is 7.82. The van der Waals surface area contributed by atoms with Crippen LogP contribution in [0.4, 0.5) is 0 Å². The molecule has 2 saturated heterocycles. The van der Waals surface area contributed by atoms with Crippen LogP contribution in [0.3, 0.4) is 0 Å². The number of piperidine rings is 1. The summed E-state index contributed by atoms with van der Waals surface area (Å²) in [6.45, 7) is 10.1. The Kier molecular flexibility index (Phi) is 10.4. The second-order valence-electron chi connectivity index (χ2n) is 11.4. The Morgan fingerprint density at radius 1 is 0.973 bits per heavy atom. The number of amides is 1. The van der Waals surface area contributed by atoms with Crippen molar-refractivity contribution >= 4 is 16.9 Å². The maximum absolute atomic E-state index is 13.1. The Morgan fingerprint density at radius 3 is 2.05 bits per heavy atom. The first kappa shape index (κ1) is 28.5. The molecule has 1 saturated carbocycles. The Morgan fingerprint density at radius 2 is 1.51 bits per heavy atom. The zero-order valence-corrected chi connectivity index (χ0v) is 24.3. The van der Waals surface area contributed by atoms with Gasteiger partial charge in [-0.25, -0.2) is 8.51 Å². The summed E-state index contributed by atoms with van der Waals surface area (Å²) in [5, 5.41) is 3.15. The van der Waals surface area contributed by atoms with E-state index in [-0.39, 0.29) is 5.91 Å². The van der Waals surface area contributed by atoms with Gasteiger partial charge in [-0.1, -0.05) is 0 Å². The predicted molar refractivity (Wildman–Crippen MR) is 150 cm³/mol. The van der Waals surface area contributed by atoms with Crippen molar-refractivity contribution in [1.82, 2.24) is 19.4 Å². The molecule has 0 bridgehead atoms. The van der Waals surface area contributed by atoms with Gasteiger partial charge in [0.15, 0.2) is 0 Å². The zero-order valence-electron chi connectivity index (χ0n) is 23.5. The van der Waals surface area contributed by atoms with Crippen LogP contribution in [-0.2, 0) is 15.8 Å². The minimum atomic E-state index is -1.31. The number of hydrogen-bond acceptors (Lipinski definition) is 5. The number of nitrogens with one attached hydrogen (secondary N) is 1. The second kappa shape index (κ2) is 13.5. The van der Waals surface area contributed by atoms with E-state index < -0.39 is 11.0 Å². The van der Waals surface area contributed by atoms with Crippen LogP contribution in [0.15, 0.2) is 17.0 Å². The molecule has 1 amide bonds. The van der Waals surface area contributed by atoms with Crippen LogP contribution in [0.2, 0.25) is 0 Å². The molecule has 1 aromatic carbocycles. The number of methoxy groups -OCH3 is 1. The van der Waals surface area contributed by atoms with Crippen molar-refractivity contribution in [1.29, 1.82) is 0 Å². The van der Waals surface area contributed by atoms with E-state index in [4.69, 9.17) is 4.74 Å². The lowest BCUT2D eigenvalue weighted by molar-refractivity contribution is -0.121. The van der Waals surface area contributed by atoms with E-state index in [0.29, 0.717) is 18.9 Å². The van der Waals surface area contributed by atoms with Gasteiger partial charge in [0, 0.05) is 38.6 Å². The Hall–Kier alpha value is -1.48. The van der Waals surface area contributed by atoms with Crippen molar-refractivity contribution in [2.75, 3.05) is 53.4 Å². The van der Waals surface area contributed by atoms with Crippen LogP contribution in [0.5, 0.6) is 5.75 Å². The number of hydrogen-bond donors (Lipinski definition) is 1. The first-order valence-corrected chi connectivity index (χ1v) is 15.5. The monoisotopic (exact) mass is 532 g/mol. The Balaban J connectivity index is 1.12. The highest BCUT2D eigenvalue weighted by Gasteiger charge is 2.32. The number of carbonyl (C=O) groups is 1. The number of aryl methyl sites for hydroxylation is 2. The number of benzene rings is 1. The van der Waals surface area contributed by atoms with E-state index in [1.165, 1.54) is 77.5 Å². The molecule has 1 atom stereocenters. The van der Waals surface area contributed by atoms with Gasteiger partial charge in [0.05, 0.1) is 12.0 Å². The van der Waals surface area contributed by atoms with E-state index in [0.717, 1.165) is 40.4 Å². The van der Waals surface area contributed by atoms with Crippen molar-refractivity contribution in [3.8, 4) is 5.75 Å². The maximum Gasteiger partial charge on any atom is 0.221 e. The quantitative estimate of drug-likeness (QED) is 0.495. The molecule has 8 heteroatoms. The van der Waals surface area contributed by atoms with Crippen LogP contribution in [0.25, 0.3) is 0 Å². The van der Waals surface area contributed by atoms with Gasteiger partial charge in [0.25, 0.3) is 0 Å².